The van der Waals surface area contributed by atoms with Gasteiger partial charge in [0.05, 0.1) is 17.4 Å². The maximum Gasteiger partial charge on any atom is 0.246 e. The summed E-state index contributed by atoms with van der Waals surface area (Å²) in [4.78, 5) is 15.3. The first-order valence-corrected chi connectivity index (χ1v) is 15.8. The molecule has 2 heterocycles. The molecule has 0 bridgehead atoms. The van der Waals surface area contributed by atoms with Crippen LogP contribution in [0.25, 0.3) is 0 Å². The van der Waals surface area contributed by atoms with Crippen molar-refractivity contribution in [3.8, 4) is 5.75 Å². The van der Waals surface area contributed by atoms with Crippen LogP contribution in [0.5, 0.6) is 5.75 Å². The lowest BCUT2D eigenvalue weighted by Gasteiger charge is -2.32. The highest BCUT2D eigenvalue weighted by Gasteiger charge is 2.35. The van der Waals surface area contributed by atoms with Crippen molar-refractivity contribution in [3.63, 3.8) is 0 Å². The molecule has 2 aliphatic heterocycles. The second kappa shape index (κ2) is 11.9. The standard InChI is InChI=1S/C25H33ClN4O6S2/c1-3-36-23-11-6-20(26)17-24(23)38(34,35)30-12-4-5-19(18-30)25(31)27-21-7-9-22(10-8-21)37(32,33)29-15-13-28(2)14-16-29/h6-11,17,19H,3-5,12-16,18H2,1-2H3,(H,27,31). The molecule has 0 radical (unpaired) electrons. The first-order chi connectivity index (χ1) is 18.0. The monoisotopic (exact) mass is 584 g/mol. The molecule has 2 aliphatic rings. The smallest absolute Gasteiger partial charge is 0.246 e. The number of hydrogen-bond acceptors (Lipinski definition) is 7. The van der Waals surface area contributed by atoms with Crippen LogP contribution in [0.3, 0.4) is 0 Å². The summed E-state index contributed by atoms with van der Waals surface area (Å²) in [7, 11) is -5.60. The SMILES string of the molecule is CCOc1ccc(Cl)cc1S(=O)(=O)N1CCCC(C(=O)Nc2ccc(S(=O)(=O)N3CCN(C)CC3)cc2)C1. The molecule has 0 aliphatic carbocycles. The van der Waals surface area contributed by atoms with Gasteiger partial charge in [-0.15, -0.1) is 0 Å². The van der Waals surface area contributed by atoms with Gasteiger partial charge in [-0.25, -0.2) is 16.8 Å². The lowest BCUT2D eigenvalue weighted by Crippen LogP contribution is -2.47. The first-order valence-electron chi connectivity index (χ1n) is 12.5. The summed E-state index contributed by atoms with van der Waals surface area (Å²) in [5, 5.41) is 3.08. The molecule has 1 unspecified atom stereocenters. The van der Waals surface area contributed by atoms with Crippen molar-refractivity contribution in [1.29, 1.82) is 0 Å². The van der Waals surface area contributed by atoms with Crippen LogP contribution in [0.2, 0.25) is 5.02 Å². The van der Waals surface area contributed by atoms with Crippen LogP contribution in [0.1, 0.15) is 19.8 Å². The van der Waals surface area contributed by atoms with Gasteiger partial charge in [-0.05, 0) is 69.3 Å². The molecule has 13 heteroatoms. The average molecular weight is 585 g/mol. The predicted molar refractivity (Wildman–Crippen MR) is 145 cm³/mol. The van der Waals surface area contributed by atoms with E-state index in [0.717, 1.165) is 0 Å². The molecule has 0 saturated carbocycles. The lowest BCUT2D eigenvalue weighted by atomic mass is 9.99. The fraction of sp³-hybridized carbons (Fsp3) is 0.480. The van der Waals surface area contributed by atoms with Gasteiger partial charge >= 0.3 is 0 Å². The van der Waals surface area contributed by atoms with Crippen molar-refractivity contribution in [2.75, 3.05) is 58.2 Å². The Morgan fingerprint density at radius 1 is 0.974 bits per heavy atom. The fourth-order valence-corrected chi connectivity index (χ4v) is 7.94. The number of benzene rings is 2. The van der Waals surface area contributed by atoms with Crippen LogP contribution in [-0.2, 0) is 24.8 Å². The number of carbonyl (C=O) groups is 1. The van der Waals surface area contributed by atoms with Crippen LogP contribution in [-0.4, -0.2) is 89.2 Å². The largest absolute Gasteiger partial charge is 0.492 e. The third kappa shape index (κ3) is 6.32. The Kier molecular flexibility index (Phi) is 9.00. The normalized spacial score (nSPS) is 20.2. The van der Waals surface area contributed by atoms with E-state index < -0.39 is 26.0 Å². The molecule has 10 nitrogen and oxygen atoms in total. The van der Waals surface area contributed by atoms with Crippen molar-refractivity contribution in [1.82, 2.24) is 13.5 Å². The van der Waals surface area contributed by atoms with Crippen molar-refractivity contribution in [2.24, 2.45) is 5.92 Å². The van der Waals surface area contributed by atoms with Crippen LogP contribution < -0.4 is 10.1 Å². The number of piperazine rings is 1. The summed E-state index contributed by atoms with van der Waals surface area (Å²) in [5.41, 5.74) is 0.445. The summed E-state index contributed by atoms with van der Waals surface area (Å²) in [6.07, 6.45) is 1.05. The number of piperidine rings is 1. The lowest BCUT2D eigenvalue weighted by molar-refractivity contribution is -0.120. The summed E-state index contributed by atoms with van der Waals surface area (Å²) >= 11 is 6.08. The molecule has 1 N–H and O–H groups in total. The molecule has 208 valence electrons. The maximum absolute atomic E-state index is 13.4. The Bertz CT molecular complexity index is 1360. The second-order valence-corrected chi connectivity index (χ2v) is 13.7. The minimum absolute atomic E-state index is 0.0160. The van der Waals surface area contributed by atoms with Gasteiger partial charge in [-0.3, -0.25) is 4.79 Å². The van der Waals surface area contributed by atoms with Gasteiger partial charge in [0, 0.05) is 50.0 Å². The maximum atomic E-state index is 13.4. The first kappa shape index (κ1) is 28.8. The van der Waals surface area contributed by atoms with E-state index in [4.69, 9.17) is 16.3 Å². The van der Waals surface area contributed by atoms with E-state index in [0.29, 0.717) is 51.3 Å². The number of likely N-dealkylation sites (N-methyl/N-ethyl adjacent to an activating group) is 1. The molecule has 2 aromatic carbocycles. The fourth-order valence-electron chi connectivity index (χ4n) is 4.60. The van der Waals surface area contributed by atoms with Crippen molar-refractivity contribution < 1.29 is 26.4 Å². The molecule has 4 rings (SSSR count). The van der Waals surface area contributed by atoms with Gasteiger partial charge in [0.2, 0.25) is 26.0 Å². The molecular formula is C25H33ClN4O6S2. The molecule has 1 amide bonds. The summed E-state index contributed by atoms with van der Waals surface area (Å²) in [5.74, 6) is -0.673. The van der Waals surface area contributed by atoms with E-state index in [2.05, 4.69) is 10.2 Å². The number of rotatable bonds is 8. The minimum atomic E-state index is -3.94. The third-order valence-electron chi connectivity index (χ3n) is 6.80. The van der Waals surface area contributed by atoms with Crippen molar-refractivity contribution >= 4 is 43.2 Å². The highest BCUT2D eigenvalue weighted by molar-refractivity contribution is 7.89. The number of halogens is 1. The second-order valence-electron chi connectivity index (χ2n) is 9.45. The Morgan fingerprint density at radius 2 is 1.66 bits per heavy atom. The van der Waals surface area contributed by atoms with Crippen molar-refractivity contribution in [3.05, 3.63) is 47.5 Å². The molecule has 2 saturated heterocycles. The molecule has 38 heavy (non-hydrogen) atoms. The Hall–Kier alpha value is -2.22. The van der Waals surface area contributed by atoms with E-state index in [-0.39, 0.29) is 39.6 Å². The molecule has 0 spiro atoms. The number of anilines is 1. The zero-order valence-electron chi connectivity index (χ0n) is 21.5. The number of ether oxygens (including phenoxy) is 1. The molecular weight excluding hydrogens is 552 g/mol. The molecule has 2 aromatic rings. The number of nitrogens with one attached hydrogen (secondary N) is 1. The number of amides is 1. The minimum Gasteiger partial charge on any atom is -0.492 e. The average Bonchev–Trinajstić information content (AvgIpc) is 2.90. The number of hydrogen-bond donors (Lipinski definition) is 1. The van der Waals surface area contributed by atoms with Gasteiger partial charge in [0.1, 0.15) is 10.6 Å². The van der Waals surface area contributed by atoms with Crippen LogP contribution in [0.4, 0.5) is 5.69 Å². The number of sulfonamides is 2. The third-order valence-corrected chi connectivity index (χ3v) is 10.8. The quantitative estimate of drug-likeness (QED) is 0.507. The number of nitrogens with zero attached hydrogens (tertiary/aromatic N) is 3. The van der Waals surface area contributed by atoms with Crippen LogP contribution in [0.15, 0.2) is 52.3 Å². The topological polar surface area (TPSA) is 116 Å². The highest BCUT2D eigenvalue weighted by atomic mass is 35.5. The summed E-state index contributed by atoms with van der Waals surface area (Å²) in [6.45, 7) is 4.56. The van der Waals surface area contributed by atoms with E-state index >= 15 is 0 Å². The van der Waals surface area contributed by atoms with E-state index in [9.17, 15) is 21.6 Å². The Balaban J connectivity index is 1.43. The zero-order chi connectivity index (χ0) is 27.5. The molecule has 0 aromatic heterocycles. The molecule has 2 fully saturated rings. The van der Waals surface area contributed by atoms with E-state index in [1.54, 1.807) is 25.1 Å². The number of carbonyl (C=O) groups excluding carboxylic acids is 1. The molecule has 1 atom stereocenters. The van der Waals surface area contributed by atoms with Gasteiger partial charge in [0.15, 0.2) is 0 Å². The Labute approximate surface area is 229 Å². The van der Waals surface area contributed by atoms with Gasteiger partial charge in [0.25, 0.3) is 0 Å². The van der Waals surface area contributed by atoms with Gasteiger partial charge in [-0.1, -0.05) is 11.6 Å². The van der Waals surface area contributed by atoms with Gasteiger partial charge < -0.3 is 15.0 Å². The summed E-state index contributed by atoms with van der Waals surface area (Å²) < 4.78 is 61.0. The van der Waals surface area contributed by atoms with E-state index in [1.165, 1.54) is 32.9 Å². The van der Waals surface area contributed by atoms with Crippen LogP contribution in [0, 0.1) is 5.92 Å². The van der Waals surface area contributed by atoms with Crippen molar-refractivity contribution in [2.45, 2.75) is 29.6 Å². The van der Waals surface area contributed by atoms with Crippen LogP contribution >= 0.6 is 11.6 Å². The highest BCUT2D eigenvalue weighted by Crippen LogP contribution is 2.32. The van der Waals surface area contributed by atoms with E-state index in [1.807, 2.05) is 7.05 Å². The van der Waals surface area contributed by atoms with Gasteiger partial charge in [-0.2, -0.15) is 8.61 Å². The zero-order valence-corrected chi connectivity index (χ0v) is 23.9. The Morgan fingerprint density at radius 3 is 2.32 bits per heavy atom. The predicted octanol–water partition coefficient (Wildman–Crippen LogP) is 2.71. The summed E-state index contributed by atoms with van der Waals surface area (Å²) in [6, 6.07) is 10.5.